The largest absolute Gasteiger partial charge is 0.462 e. The molecule has 0 saturated carbocycles. The minimum atomic E-state index is 0.569. The Morgan fingerprint density at radius 3 is 3.30 bits per heavy atom. The van der Waals surface area contributed by atoms with E-state index >= 15 is 0 Å². The van der Waals surface area contributed by atoms with Crippen molar-refractivity contribution in [1.29, 1.82) is 0 Å². The first-order valence-corrected chi connectivity index (χ1v) is 2.91. The van der Waals surface area contributed by atoms with Crippen LogP contribution in [0.3, 0.4) is 0 Å². The number of H-pyrrole nitrogens is 1. The van der Waals surface area contributed by atoms with E-state index in [0.29, 0.717) is 11.1 Å². The van der Waals surface area contributed by atoms with E-state index in [-0.39, 0.29) is 0 Å². The highest BCUT2D eigenvalue weighted by molar-refractivity contribution is 5.93. The number of nitrogens with one attached hydrogen (secondary N) is 1. The van der Waals surface area contributed by atoms with Crippen LogP contribution in [-0.2, 0) is 0 Å². The summed E-state index contributed by atoms with van der Waals surface area (Å²) in [5.74, 6) is 0. The van der Waals surface area contributed by atoms with Gasteiger partial charge >= 0.3 is 0 Å². The van der Waals surface area contributed by atoms with Crippen LogP contribution in [0.2, 0.25) is 0 Å². The van der Waals surface area contributed by atoms with Gasteiger partial charge in [-0.15, -0.1) is 0 Å². The van der Waals surface area contributed by atoms with Crippen molar-refractivity contribution in [3.63, 3.8) is 0 Å². The third-order valence-corrected chi connectivity index (χ3v) is 1.44. The van der Waals surface area contributed by atoms with Gasteiger partial charge < -0.3 is 9.40 Å². The van der Waals surface area contributed by atoms with Crippen molar-refractivity contribution in [1.82, 2.24) is 4.98 Å². The molecule has 50 valence electrons. The number of fused-ring (bicyclic) bond motifs is 1. The highest BCUT2D eigenvalue weighted by atomic mass is 16.3. The second-order valence-corrected chi connectivity index (χ2v) is 2.03. The van der Waals surface area contributed by atoms with Crippen molar-refractivity contribution < 1.29 is 9.21 Å². The number of aromatic nitrogens is 1. The molecule has 2 rings (SSSR count). The Balaban J connectivity index is 2.88. The fraction of sp³-hybridized carbons (Fsp3) is 0. The number of carbonyl (C=O) groups excluding carboxylic acids is 1. The lowest BCUT2D eigenvalue weighted by atomic mass is 10.3. The number of rotatable bonds is 1. The summed E-state index contributed by atoms with van der Waals surface area (Å²) in [5, 5.41) is 0. The van der Waals surface area contributed by atoms with Gasteiger partial charge in [-0.1, -0.05) is 0 Å². The third-order valence-electron chi connectivity index (χ3n) is 1.44. The van der Waals surface area contributed by atoms with Crippen LogP contribution in [0.15, 0.2) is 22.9 Å². The van der Waals surface area contributed by atoms with Crippen LogP contribution >= 0.6 is 0 Å². The lowest BCUT2D eigenvalue weighted by molar-refractivity contribution is 0.112. The van der Waals surface area contributed by atoms with Crippen LogP contribution in [0.5, 0.6) is 0 Å². The predicted molar refractivity (Wildman–Crippen MR) is 36.0 cm³/mol. The van der Waals surface area contributed by atoms with Crippen LogP contribution in [0.4, 0.5) is 0 Å². The summed E-state index contributed by atoms with van der Waals surface area (Å²) in [6.45, 7) is 0. The van der Waals surface area contributed by atoms with Gasteiger partial charge in [0.1, 0.15) is 0 Å². The van der Waals surface area contributed by atoms with Crippen molar-refractivity contribution in [3.8, 4) is 0 Å². The zero-order chi connectivity index (χ0) is 6.97. The molecule has 0 aliphatic carbocycles. The molecule has 0 amide bonds. The third kappa shape index (κ3) is 0.515. The fourth-order valence-electron chi connectivity index (χ4n) is 0.955. The normalized spacial score (nSPS) is 10.4. The molecular formula is C7H5NO2. The maximum Gasteiger partial charge on any atom is 0.162 e. The summed E-state index contributed by atoms with van der Waals surface area (Å²) in [7, 11) is 0. The number of aromatic amines is 1. The molecule has 0 aromatic carbocycles. The quantitative estimate of drug-likeness (QED) is 0.603. The topological polar surface area (TPSA) is 46.0 Å². The van der Waals surface area contributed by atoms with E-state index in [1.54, 1.807) is 18.5 Å². The maximum absolute atomic E-state index is 10.3. The average Bonchev–Trinajstić information content (AvgIpc) is 2.44. The second kappa shape index (κ2) is 1.73. The molecule has 2 heterocycles. The Labute approximate surface area is 56.6 Å². The summed E-state index contributed by atoms with van der Waals surface area (Å²) >= 11 is 0. The maximum atomic E-state index is 10.3. The molecular weight excluding hydrogens is 130 g/mol. The fourth-order valence-corrected chi connectivity index (χ4v) is 0.955. The molecule has 0 spiro atoms. The van der Waals surface area contributed by atoms with Gasteiger partial charge in [-0.3, -0.25) is 4.79 Å². The van der Waals surface area contributed by atoms with Crippen LogP contribution < -0.4 is 0 Å². The van der Waals surface area contributed by atoms with Gasteiger partial charge in [0.15, 0.2) is 11.9 Å². The molecule has 2 aromatic rings. The van der Waals surface area contributed by atoms with Gasteiger partial charge in [-0.2, -0.15) is 0 Å². The predicted octanol–water partition coefficient (Wildman–Crippen LogP) is 1.57. The van der Waals surface area contributed by atoms with Crippen LogP contribution in [-0.4, -0.2) is 11.3 Å². The zero-order valence-electron chi connectivity index (χ0n) is 5.13. The number of furan rings is 1. The van der Waals surface area contributed by atoms with E-state index in [0.717, 1.165) is 11.8 Å². The first kappa shape index (κ1) is 5.29. The van der Waals surface area contributed by atoms with Crippen molar-refractivity contribution >= 4 is 17.4 Å². The Kier molecular flexibility index (Phi) is 0.917. The SMILES string of the molecule is O=Cc1c[nH]c2ccoc12. The number of hydrogen-bond donors (Lipinski definition) is 1. The van der Waals surface area contributed by atoms with Gasteiger partial charge in [0.25, 0.3) is 0 Å². The summed E-state index contributed by atoms with van der Waals surface area (Å²) < 4.78 is 5.02. The van der Waals surface area contributed by atoms with Crippen LogP contribution in [0.1, 0.15) is 10.4 Å². The molecule has 0 unspecified atom stereocenters. The van der Waals surface area contributed by atoms with Crippen molar-refractivity contribution in [3.05, 3.63) is 24.1 Å². The van der Waals surface area contributed by atoms with Crippen molar-refractivity contribution in [2.75, 3.05) is 0 Å². The van der Waals surface area contributed by atoms with Gasteiger partial charge in [0.2, 0.25) is 0 Å². The molecule has 0 radical (unpaired) electrons. The standard InChI is InChI=1S/C7H5NO2/c9-4-5-3-8-6-1-2-10-7(5)6/h1-4,8H. The molecule has 0 saturated heterocycles. The summed E-state index contributed by atoms with van der Waals surface area (Å²) in [6, 6.07) is 1.78. The highest BCUT2D eigenvalue weighted by Crippen LogP contribution is 2.16. The van der Waals surface area contributed by atoms with E-state index in [2.05, 4.69) is 4.98 Å². The molecule has 0 aliphatic heterocycles. The first-order valence-electron chi connectivity index (χ1n) is 2.91. The lowest BCUT2D eigenvalue weighted by Crippen LogP contribution is -1.69. The number of aldehydes is 1. The lowest BCUT2D eigenvalue weighted by Gasteiger charge is -1.75. The Bertz CT molecular complexity index is 358. The Morgan fingerprint density at radius 2 is 2.50 bits per heavy atom. The van der Waals surface area contributed by atoms with Crippen LogP contribution in [0.25, 0.3) is 11.1 Å². The minimum Gasteiger partial charge on any atom is -0.462 e. The summed E-state index contributed by atoms with van der Waals surface area (Å²) in [4.78, 5) is 13.2. The van der Waals surface area contributed by atoms with Crippen molar-refractivity contribution in [2.45, 2.75) is 0 Å². The zero-order valence-corrected chi connectivity index (χ0v) is 5.13. The molecule has 0 bridgehead atoms. The molecule has 0 aliphatic rings. The average molecular weight is 135 g/mol. The molecule has 1 N–H and O–H groups in total. The molecule has 0 atom stereocenters. The molecule has 3 nitrogen and oxygen atoms in total. The monoisotopic (exact) mass is 135 g/mol. The molecule has 3 heteroatoms. The van der Waals surface area contributed by atoms with E-state index < -0.39 is 0 Å². The van der Waals surface area contributed by atoms with Gasteiger partial charge in [-0.05, 0) is 0 Å². The Hall–Kier alpha value is -1.51. The van der Waals surface area contributed by atoms with Crippen LogP contribution in [0, 0.1) is 0 Å². The molecule has 10 heavy (non-hydrogen) atoms. The van der Waals surface area contributed by atoms with Crippen molar-refractivity contribution in [2.24, 2.45) is 0 Å². The first-order chi connectivity index (χ1) is 4.92. The minimum absolute atomic E-state index is 0.569. The number of hydrogen-bond acceptors (Lipinski definition) is 2. The van der Waals surface area contributed by atoms with Gasteiger partial charge in [-0.25, -0.2) is 0 Å². The highest BCUT2D eigenvalue weighted by Gasteiger charge is 2.03. The molecule has 0 fully saturated rings. The van der Waals surface area contributed by atoms with E-state index in [1.165, 1.54) is 0 Å². The summed E-state index contributed by atoms with van der Waals surface area (Å²) in [5.41, 5.74) is 2.07. The van der Waals surface area contributed by atoms with Gasteiger partial charge in [0, 0.05) is 12.3 Å². The summed E-state index contributed by atoms with van der Waals surface area (Å²) in [6.07, 6.45) is 3.94. The number of carbonyl (C=O) groups is 1. The molecule has 2 aromatic heterocycles. The second-order valence-electron chi connectivity index (χ2n) is 2.03. The van der Waals surface area contributed by atoms with Gasteiger partial charge in [0.05, 0.1) is 17.3 Å². The Morgan fingerprint density at radius 1 is 1.60 bits per heavy atom. The van der Waals surface area contributed by atoms with E-state index in [4.69, 9.17) is 4.42 Å². The smallest absolute Gasteiger partial charge is 0.162 e. The van der Waals surface area contributed by atoms with E-state index in [9.17, 15) is 4.79 Å². The van der Waals surface area contributed by atoms with E-state index in [1.807, 2.05) is 0 Å².